The monoisotopic (exact) mass is 1880 g/mol. The molecule has 127 heavy (non-hydrogen) atoms. The molecule has 0 radical (unpaired) electrons. The number of nitrogens with one attached hydrogen (secondary N) is 6. The maximum absolute atomic E-state index is 14.2. The molecular weight excluding hydrogens is 1750 g/mol. The first-order chi connectivity index (χ1) is 61.5. The van der Waals surface area contributed by atoms with Gasteiger partial charge < -0.3 is 162 Å². The number of aliphatic hydroxyl groups is 6. The number of fused-ring (bicyclic) bond motifs is 6. The molecular formula is C78H130BrN15O33. The van der Waals surface area contributed by atoms with Crippen molar-refractivity contribution < 1.29 is 159 Å². The van der Waals surface area contributed by atoms with Crippen LogP contribution in [-0.4, -0.2) is 424 Å². The molecule has 9 rings (SSSR count). The summed E-state index contributed by atoms with van der Waals surface area (Å²) in [6.45, 7) is 10.9. The number of halogens is 1. The van der Waals surface area contributed by atoms with Gasteiger partial charge in [0.25, 0.3) is 0 Å². The van der Waals surface area contributed by atoms with Crippen LogP contribution in [0.4, 0.5) is 0 Å². The van der Waals surface area contributed by atoms with Crippen molar-refractivity contribution >= 4 is 51.4 Å². The first-order valence-corrected chi connectivity index (χ1v) is 44.2. The quantitative estimate of drug-likeness (QED) is 0.0185. The minimum Gasteiger partial charge on any atom is -0.388 e. The van der Waals surface area contributed by atoms with E-state index in [4.69, 9.17) is 99.5 Å². The lowest BCUT2D eigenvalue weighted by Crippen LogP contribution is -2.66. The third kappa shape index (κ3) is 35.3. The van der Waals surface area contributed by atoms with Crippen molar-refractivity contribution in [1.29, 1.82) is 0 Å². The van der Waals surface area contributed by atoms with E-state index in [9.17, 15) is 59.4 Å². The Morgan fingerprint density at radius 3 is 0.976 bits per heavy atom. The Kier molecular flexibility index (Phi) is 46.4. The maximum Gasteiger partial charge on any atom is 0.230 e. The summed E-state index contributed by atoms with van der Waals surface area (Å²) >= 11 is 3.13. The van der Waals surface area contributed by atoms with Gasteiger partial charge >= 0.3 is 0 Å². The summed E-state index contributed by atoms with van der Waals surface area (Å²) < 4.78 is 127. The van der Waals surface area contributed by atoms with Crippen LogP contribution in [0.3, 0.4) is 0 Å². The fourth-order valence-corrected chi connectivity index (χ4v) is 14.6. The predicted octanol–water partition coefficient (Wildman–Crippen LogP) is -5.73. The zero-order valence-electron chi connectivity index (χ0n) is 72.5. The smallest absolute Gasteiger partial charge is 0.230 e. The van der Waals surface area contributed by atoms with Crippen molar-refractivity contribution in [3.05, 3.63) is 35.7 Å². The third-order valence-corrected chi connectivity index (χ3v) is 21.5. The fourth-order valence-electron chi connectivity index (χ4n) is 14.4. The molecule has 6 bridgehead atoms. The van der Waals surface area contributed by atoms with Gasteiger partial charge in [-0.1, -0.05) is 44.4 Å². The Morgan fingerprint density at radius 1 is 0.394 bits per heavy atom. The lowest BCUT2D eigenvalue weighted by Gasteiger charge is -2.42. The van der Waals surface area contributed by atoms with Crippen LogP contribution in [0, 0.1) is 0 Å². The van der Waals surface area contributed by atoms with Gasteiger partial charge in [-0.15, -0.1) is 15.3 Å². The molecule has 15 atom stereocenters. The number of amides is 6. The van der Waals surface area contributed by atoms with E-state index < -0.39 is 114 Å². The Bertz CT molecular complexity index is 3360. The minimum absolute atomic E-state index is 0.0189. The van der Waals surface area contributed by atoms with Gasteiger partial charge in [-0.05, 0) is 25.7 Å². The lowest BCUT2D eigenvalue weighted by atomic mass is 9.88. The number of aliphatic hydroxyl groups excluding tert-OH is 6. The van der Waals surface area contributed by atoms with Crippen molar-refractivity contribution in [2.75, 3.05) is 217 Å². The Balaban J connectivity index is 0.703. The second-order valence-corrected chi connectivity index (χ2v) is 32.0. The molecule has 3 aromatic heterocycles. The molecule has 3 aromatic rings. The molecule has 6 saturated heterocycles. The number of nitrogens with zero attached hydrogens (tertiary/aromatic N) is 9. The molecule has 0 spiro atoms. The van der Waals surface area contributed by atoms with Gasteiger partial charge in [-0.2, -0.15) is 0 Å². The topological polar surface area (TPSA) is 582 Å². The van der Waals surface area contributed by atoms with Crippen LogP contribution >= 0.6 is 15.9 Å². The van der Waals surface area contributed by atoms with E-state index >= 15 is 0 Å². The summed E-state index contributed by atoms with van der Waals surface area (Å²) in [5.74, 6) is -1.64. The van der Waals surface area contributed by atoms with Crippen LogP contribution in [0.15, 0.2) is 18.6 Å². The first-order valence-electron chi connectivity index (χ1n) is 43.0. The molecule has 6 aliphatic rings. The number of ether oxygens (including phenoxy) is 21. The minimum atomic E-state index is -1.35. The number of rotatable bonds is 71. The number of hydrogen-bond acceptors (Lipinski definition) is 39. The van der Waals surface area contributed by atoms with E-state index in [0.717, 1.165) is 12.8 Å². The molecule has 0 aromatic carbocycles. The molecule has 722 valence electrons. The number of unbranched alkanes of at least 4 members (excludes halogenated alkanes) is 4. The number of alkyl halides is 1. The number of carbonyl (C=O) groups is 6. The second-order valence-electron chi connectivity index (χ2n) is 31.4. The highest BCUT2D eigenvalue weighted by molar-refractivity contribution is 9.09. The summed E-state index contributed by atoms with van der Waals surface area (Å²) in [5.41, 5.74) is -3.70. The van der Waals surface area contributed by atoms with Gasteiger partial charge in [0, 0.05) is 46.7 Å². The van der Waals surface area contributed by atoms with Gasteiger partial charge in [-0.3, -0.25) is 28.8 Å². The summed E-state index contributed by atoms with van der Waals surface area (Å²) in [6.07, 6.45) is -1.04. The molecule has 6 amide bonds. The molecule has 6 fully saturated rings. The fraction of sp³-hybridized carbons (Fsp3) is 0.846. The molecule has 0 unspecified atom stereocenters. The van der Waals surface area contributed by atoms with Gasteiger partial charge in [-0.25, -0.2) is 14.0 Å². The lowest BCUT2D eigenvalue weighted by molar-refractivity contribution is -0.238. The summed E-state index contributed by atoms with van der Waals surface area (Å²) in [4.78, 5) is 73.1. The Morgan fingerprint density at radius 2 is 0.677 bits per heavy atom. The van der Waals surface area contributed by atoms with E-state index in [2.05, 4.69) is 78.8 Å². The highest BCUT2D eigenvalue weighted by Gasteiger charge is 2.62. The Labute approximate surface area is 743 Å². The number of carbonyl (C=O) groups excluding carboxylic acids is 6. The molecule has 0 saturated carbocycles. The molecule has 6 aliphatic heterocycles. The van der Waals surface area contributed by atoms with E-state index in [0.29, 0.717) is 161 Å². The van der Waals surface area contributed by atoms with E-state index in [1.165, 1.54) is 20.8 Å². The molecule has 49 heteroatoms. The largest absolute Gasteiger partial charge is 0.388 e. The van der Waals surface area contributed by atoms with Crippen LogP contribution in [0.1, 0.15) is 89.2 Å². The van der Waals surface area contributed by atoms with Gasteiger partial charge in [0.2, 0.25) is 35.4 Å². The van der Waals surface area contributed by atoms with Gasteiger partial charge in [0.1, 0.15) is 94.2 Å². The van der Waals surface area contributed by atoms with Crippen molar-refractivity contribution in [1.82, 2.24) is 76.9 Å². The molecule has 9 heterocycles. The van der Waals surface area contributed by atoms with Crippen molar-refractivity contribution in [2.24, 2.45) is 0 Å². The second kappa shape index (κ2) is 56.5. The number of aromatic nitrogens is 9. The van der Waals surface area contributed by atoms with Crippen LogP contribution in [0.25, 0.3) is 0 Å². The van der Waals surface area contributed by atoms with E-state index in [-0.39, 0.29) is 168 Å². The zero-order valence-corrected chi connectivity index (χ0v) is 74.1. The Hall–Kier alpha value is -6.36. The van der Waals surface area contributed by atoms with Gasteiger partial charge in [0.15, 0.2) is 18.9 Å². The van der Waals surface area contributed by atoms with Crippen molar-refractivity contribution in [3.63, 3.8) is 0 Å². The molecule has 0 aliphatic carbocycles. The molecule has 12 N–H and O–H groups in total. The third-order valence-electron chi connectivity index (χ3n) is 21.0. The van der Waals surface area contributed by atoms with Crippen LogP contribution in [0.5, 0.6) is 0 Å². The summed E-state index contributed by atoms with van der Waals surface area (Å²) in [6, 6.07) is -2.74. The van der Waals surface area contributed by atoms with Crippen LogP contribution < -0.4 is 31.9 Å². The van der Waals surface area contributed by atoms with Gasteiger partial charge in [0.05, 0.1) is 262 Å². The standard InChI is InChI=1S/C78H130BrN15O33/c1-54(95)82-63-66(101)69(104)76(51-122-72(63)125-76)48-116-35-32-113-29-26-110-23-20-107-17-14-92-39-57(86-89-92)42-119-45-75(85-61(99)11-7-5-8-12-80-60(98)10-6-4-9-13-81-62(100)38-79,46-120-43-58-40-93(90-87-58)15-18-108-21-24-111-27-30-114-33-36-117-49-77-52-123-73(126-77)64(83-55(2)96)67(102)70(77)105)47-121-44-59-41-94(91-88-59)16-19-109-22-25-112-28-31-115-34-37-118-50-78-53-124-74(127-78)65(84-56(3)97)68(103)71(78)106/h39-41,63-74,101-106H,4-38,42-53H2,1-3H3,(H,80,98)(H,81,100)(H,82,95)(H,83,96)(H,84,97)(H,85,99)/t63-,64-,65-,66-,67-,68-,69-,70-,71-,72+,73+,74+,76+,77+,78+/m1/s1. The summed E-state index contributed by atoms with van der Waals surface area (Å²) in [7, 11) is 0. The SMILES string of the molecule is CC(=O)N[C@H]1[C@H]2OC[C@](COCCOCCOCCOCCn3cc(COCC(COCc4cn(CCOCCOCCOCCOC[C@@]56CO[C@@H](O5)[C@H](NC(C)=O)[C@@H](O)[C@H]6O)nn4)(COCc4cn(CCOCCOCCOCCOC[C@@]56CO[C@@H](O5)[C@H](NC(C)=O)[C@@H](O)[C@H]6O)nn4)NC(=O)CCCCCNC(=O)CCCCCNC(=O)CBr)nn3)(O2)[C@H](O)[C@@H]1O. The predicted molar refractivity (Wildman–Crippen MR) is 436 cm³/mol. The highest BCUT2D eigenvalue weighted by atomic mass is 79.9. The van der Waals surface area contributed by atoms with Crippen LogP contribution in [0.2, 0.25) is 0 Å². The average Bonchev–Trinajstić information content (AvgIpc) is 1.62. The van der Waals surface area contributed by atoms with Crippen molar-refractivity contribution in [2.45, 2.75) is 208 Å². The van der Waals surface area contributed by atoms with E-state index in [1.54, 1.807) is 32.6 Å². The average molecular weight is 1890 g/mol. The summed E-state index contributed by atoms with van der Waals surface area (Å²) in [5, 5.41) is 107. The van der Waals surface area contributed by atoms with Crippen LogP contribution in [-0.2, 0) is 168 Å². The maximum atomic E-state index is 14.2. The van der Waals surface area contributed by atoms with Crippen molar-refractivity contribution in [3.8, 4) is 0 Å². The zero-order chi connectivity index (χ0) is 90.5. The number of hydrogen-bond donors (Lipinski definition) is 12. The van der Waals surface area contributed by atoms with E-state index in [1.807, 2.05) is 0 Å². The highest BCUT2D eigenvalue weighted by Crippen LogP contribution is 2.40. The first kappa shape index (κ1) is 104. The normalized spacial score (nSPS) is 25.4. The molecule has 48 nitrogen and oxygen atoms in total.